The summed E-state index contributed by atoms with van der Waals surface area (Å²) >= 11 is 0. The fraction of sp³-hybridized carbons (Fsp3) is 0. The van der Waals surface area contributed by atoms with Crippen molar-refractivity contribution in [1.82, 2.24) is 19.5 Å². The summed E-state index contributed by atoms with van der Waals surface area (Å²) in [5.41, 5.74) is 11.4. The quantitative estimate of drug-likeness (QED) is 0.176. The van der Waals surface area contributed by atoms with E-state index in [1.807, 2.05) is 84.9 Å². The van der Waals surface area contributed by atoms with Gasteiger partial charge in [0.2, 0.25) is 0 Å². The average molecular weight is 731 g/mol. The van der Waals surface area contributed by atoms with Gasteiger partial charge in [0.15, 0.2) is 17.5 Å². The molecule has 0 spiro atoms. The Balaban J connectivity index is 1.14. The van der Waals surface area contributed by atoms with Crippen molar-refractivity contribution < 1.29 is 8.83 Å². The first kappa shape index (κ1) is 31.5. The Morgan fingerprint density at radius 3 is 1.67 bits per heavy atom. The molecule has 0 atom stereocenters. The summed E-state index contributed by atoms with van der Waals surface area (Å²) in [7, 11) is 0. The van der Waals surface area contributed by atoms with Crippen LogP contribution in [0.4, 0.5) is 0 Å². The molecular weight excluding hydrogens is 701 g/mol. The molecule has 12 aromatic rings. The van der Waals surface area contributed by atoms with Crippen LogP contribution >= 0.6 is 0 Å². The van der Waals surface area contributed by atoms with Gasteiger partial charge in [-0.25, -0.2) is 15.0 Å². The summed E-state index contributed by atoms with van der Waals surface area (Å²) in [4.78, 5) is 15.3. The molecule has 0 bridgehead atoms. The lowest BCUT2D eigenvalue weighted by molar-refractivity contribution is 0.668. The molecule has 57 heavy (non-hydrogen) atoms. The summed E-state index contributed by atoms with van der Waals surface area (Å²) in [6.45, 7) is 0. The van der Waals surface area contributed by atoms with Crippen LogP contribution in [0.2, 0.25) is 0 Å². The van der Waals surface area contributed by atoms with Gasteiger partial charge in [0.25, 0.3) is 0 Å². The highest BCUT2D eigenvalue weighted by Crippen LogP contribution is 2.43. The topological polar surface area (TPSA) is 69.9 Å². The molecule has 0 unspecified atom stereocenters. The van der Waals surface area contributed by atoms with Crippen molar-refractivity contribution in [3.05, 3.63) is 182 Å². The molecule has 12 rings (SSSR count). The van der Waals surface area contributed by atoms with Gasteiger partial charge in [-0.1, -0.05) is 133 Å². The Bertz CT molecular complexity index is 3470. The molecule has 0 saturated heterocycles. The SMILES string of the molecule is c1ccc(-c2nc(-c3ccccc3)nc(-c3cccc4c3c3ccccc3n4-c3cc(-c4ccc5oc6ccccc6c5c4)c4oc5ccccc5c4c3)n2)cc1. The van der Waals surface area contributed by atoms with Crippen molar-refractivity contribution >= 4 is 65.7 Å². The number of aromatic nitrogens is 4. The molecule has 0 aliphatic rings. The van der Waals surface area contributed by atoms with Crippen LogP contribution in [0.25, 0.3) is 117 Å². The van der Waals surface area contributed by atoms with Gasteiger partial charge in [-0.05, 0) is 54.1 Å². The van der Waals surface area contributed by atoms with Crippen molar-refractivity contribution in [2.45, 2.75) is 0 Å². The van der Waals surface area contributed by atoms with E-state index in [4.69, 9.17) is 23.8 Å². The smallest absolute Gasteiger partial charge is 0.164 e. The molecule has 8 aromatic carbocycles. The van der Waals surface area contributed by atoms with Crippen molar-refractivity contribution in [3.8, 4) is 51.0 Å². The Labute approximate surface area is 325 Å². The summed E-state index contributed by atoms with van der Waals surface area (Å²) in [6, 6.07) is 62.7. The maximum Gasteiger partial charge on any atom is 0.164 e. The van der Waals surface area contributed by atoms with Crippen LogP contribution in [0.3, 0.4) is 0 Å². The molecule has 0 saturated carbocycles. The van der Waals surface area contributed by atoms with E-state index in [9.17, 15) is 0 Å². The third kappa shape index (κ3) is 4.94. The van der Waals surface area contributed by atoms with Gasteiger partial charge in [-0.3, -0.25) is 0 Å². The van der Waals surface area contributed by atoms with E-state index in [0.717, 1.165) is 99.2 Å². The van der Waals surface area contributed by atoms with E-state index in [1.165, 1.54) is 0 Å². The molecule has 0 aliphatic carbocycles. The molecule has 266 valence electrons. The standard InChI is InChI=1S/C51H30N4O2/c1-3-14-31(15-4-1)49-52-50(32-16-5-2-6-17-32)54-51(53-49)38-21-13-23-43-47(38)37-20-7-10-22-42(37)55(43)34-29-39(48-41(30-34)36-19-9-12-25-45(36)57-48)33-26-27-46-40(28-33)35-18-8-11-24-44(35)56-46/h1-30H. The normalized spacial score (nSPS) is 11.9. The third-order valence-corrected chi connectivity index (χ3v) is 11.0. The summed E-state index contributed by atoms with van der Waals surface area (Å²) in [5.74, 6) is 1.88. The molecule has 4 aromatic heterocycles. The first-order valence-electron chi connectivity index (χ1n) is 19.0. The van der Waals surface area contributed by atoms with Gasteiger partial charge < -0.3 is 13.4 Å². The second-order valence-electron chi connectivity index (χ2n) is 14.4. The van der Waals surface area contributed by atoms with Crippen molar-refractivity contribution in [1.29, 1.82) is 0 Å². The van der Waals surface area contributed by atoms with Crippen LogP contribution in [0, 0.1) is 0 Å². The second-order valence-corrected chi connectivity index (χ2v) is 14.4. The lowest BCUT2D eigenvalue weighted by atomic mass is 9.99. The summed E-state index contributed by atoms with van der Waals surface area (Å²) in [6.07, 6.45) is 0. The molecule has 0 N–H and O–H groups in total. The van der Waals surface area contributed by atoms with Crippen LogP contribution in [-0.4, -0.2) is 19.5 Å². The fourth-order valence-electron chi connectivity index (χ4n) is 8.46. The van der Waals surface area contributed by atoms with E-state index < -0.39 is 0 Å². The largest absolute Gasteiger partial charge is 0.456 e. The maximum absolute atomic E-state index is 6.68. The van der Waals surface area contributed by atoms with Crippen molar-refractivity contribution in [2.75, 3.05) is 0 Å². The molecule has 6 heteroatoms. The number of rotatable bonds is 5. The lowest BCUT2D eigenvalue weighted by Crippen LogP contribution is -2.00. The van der Waals surface area contributed by atoms with Crippen LogP contribution in [0.1, 0.15) is 0 Å². The Morgan fingerprint density at radius 1 is 0.351 bits per heavy atom. The van der Waals surface area contributed by atoms with Crippen LogP contribution in [0.15, 0.2) is 191 Å². The van der Waals surface area contributed by atoms with Crippen LogP contribution in [0.5, 0.6) is 0 Å². The Kier molecular flexibility index (Phi) is 6.83. The van der Waals surface area contributed by atoms with Gasteiger partial charge in [-0.15, -0.1) is 0 Å². The van der Waals surface area contributed by atoms with E-state index in [0.29, 0.717) is 17.5 Å². The summed E-state index contributed by atoms with van der Waals surface area (Å²) < 4.78 is 15.3. The van der Waals surface area contributed by atoms with Crippen LogP contribution < -0.4 is 0 Å². The van der Waals surface area contributed by atoms with Crippen molar-refractivity contribution in [2.24, 2.45) is 0 Å². The van der Waals surface area contributed by atoms with Crippen LogP contribution in [-0.2, 0) is 0 Å². The number of benzene rings is 8. The zero-order chi connectivity index (χ0) is 37.5. The number of furan rings is 2. The molecule has 0 radical (unpaired) electrons. The molecule has 0 fully saturated rings. The first-order chi connectivity index (χ1) is 28.2. The second kappa shape index (κ2) is 12.3. The van der Waals surface area contributed by atoms with E-state index >= 15 is 0 Å². The highest BCUT2D eigenvalue weighted by molar-refractivity contribution is 6.17. The minimum absolute atomic E-state index is 0.619. The molecule has 6 nitrogen and oxygen atoms in total. The number of hydrogen-bond acceptors (Lipinski definition) is 5. The van der Waals surface area contributed by atoms with Crippen molar-refractivity contribution in [3.63, 3.8) is 0 Å². The average Bonchev–Trinajstić information content (AvgIpc) is 3.96. The minimum Gasteiger partial charge on any atom is -0.456 e. The molecule has 0 aliphatic heterocycles. The van der Waals surface area contributed by atoms with E-state index in [-0.39, 0.29) is 0 Å². The highest BCUT2D eigenvalue weighted by Gasteiger charge is 2.22. The Hall–Kier alpha value is -7.83. The monoisotopic (exact) mass is 730 g/mol. The maximum atomic E-state index is 6.68. The van der Waals surface area contributed by atoms with E-state index in [1.54, 1.807) is 0 Å². The van der Waals surface area contributed by atoms with Gasteiger partial charge in [0.05, 0.1) is 11.0 Å². The molecule has 0 amide bonds. The summed E-state index contributed by atoms with van der Waals surface area (Å²) in [5, 5.41) is 6.46. The third-order valence-electron chi connectivity index (χ3n) is 11.0. The van der Waals surface area contributed by atoms with Gasteiger partial charge >= 0.3 is 0 Å². The molecular formula is C51H30N4O2. The zero-order valence-corrected chi connectivity index (χ0v) is 30.4. The number of nitrogens with zero attached hydrogens (tertiary/aromatic N) is 4. The zero-order valence-electron chi connectivity index (χ0n) is 30.4. The highest BCUT2D eigenvalue weighted by atomic mass is 16.3. The number of fused-ring (bicyclic) bond motifs is 9. The predicted octanol–water partition coefficient (Wildman–Crippen LogP) is 13.4. The number of hydrogen-bond donors (Lipinski definition) is 0. The number of para-hydroxylation sites is 3. The van der Waals surface area contributed by atoms with Gasteiger partial charge in [0, 0.05) is 60.3 Å². The predicted molar refractivity (Wildman–Crippen MR) is 230 cm³/mol. The first-order valence-corrected chi connectivity index (χ1v) is 19.0. The van der Waals surface area contributed by atoms with Gasteiger partial charge in [-0.2, -0.15) is 0 Å². The fourth-order valence-corrected chi connectivity index (χ4v) is 8.46. The van der Waals surface area contributed by atoms with Gasteiger partial charge in [0.1, 0.15) is 22.3 Å². The molecule has 4 heterocycles. The van der Waals surface area contributed by atoms with E-state index in [2.05, 4.69) is 102 Å². The lowest BCUT2D eigenvalue weighted by Gasteiger charge is -2.12. The Morgan fingerprint density at radius 2 is 0.930 bits per heavy atom. The minimum atomic E-state index is 0.619.